The Bertz CT molecular complexity index is 19.0. The third-order valence-electron chi connectivity index (χ3n) is 0. The zero-order valence-electron chi connectivity index (χ0n) is 7.30. The van der Waals surface area contributed by atoms with E-state index in [1.807, 2.05) is 0 Å². The van der Waals surface area contributed by atoms with Crippen molar-refractivity contribution in [2.75, 3.05) is 0 Å². The Morgan fingerprint density at radius 1 is 0.500 bits per heavy atom. The molecule has 10 N–H and O–H groups in total. The van der Waals surface area contributed by atoms with Crippen molar-refractivity contribution in [2.45, 2.75) is 0 Å². The van der Waals surface area contributed by atoms with Crippen LogP contribution in [0.15, 0.2) is 0 Å². The summed E-state index contributed by atoms with van der Waals surface area (Å²) >= 11 is 0. The summed E-state index contributed by atoms with van der Waals surface area (Å²) in [6.45, 7) is 0. The van der Waals surface area contributed by atoms with Gasteiger partial charge < -0.3 is 42.5 Å². The summed E-state index contributed by atoms with van der Waals surface area (Å²) in [6.07, 6.45) is 0. The van der Waals surface area contributed by atoms with Crippen LogP contribution in [-0.2, 0) is 0 Å². The van der Waals surface area contributed by atoms with Gasteiger partial charge in [0.05, 0.1) is 0 Å². The molecule has 0 unspecified atom stereocenters. The summed E-state index contributed by atoms with van der Waals surface area (Å²) in [6, 6.07) is 0. The van der Waals surface area contributed by atoms with Crippen molar-refractivity contribution in [3.8, 4) is 0 Å². The van der Waals surface area contributed by atoms with Crippen LogP contribution in [0.5, 0.6) is 0 Å². The Hall–Kier alpha value is 2.74. The summed E-state index contributed by atoms with van der Waals surface area (Å²) in [5.41, 5.74) is 0. The van der Waals surface area contributed by atoms with Crippen molar-refractivity contribution in [1.29, 1.82) is 0 Å². The molecule has 0 aromatic rings. The molecule has 0 aromatic carbocycles. The van der Waals surface area contributed by atoms with Crippen LogP contribution < -0.4 is 104 Å². The van der Waals surface area contributed by atoms with Gasteiger partial charge in [-0.05, 0) is 0 Å². The summed E-state index contributed by atoms with van der Waals surface area (Å²) in [5, 5.41) is 25.2. The minimum atomic E-state index is -2.92. The smallest absolute Gasteiger partial charge is 0.907 e. The molecule has 0 rings (SSSR count). The molecule has 0 aliphatic heterocycles. The zero-order valence-corrected chi connectivity index (χ0v) is 13.3. The molecule has 8 nitrogen and oxygen atoms in total. The molecule has 0 aliphatic carbocycles. The van der Waals surface area contributed by atoms with Crippen molar-refractivity contribution in [3.05, 3.63) is 0 Å². The van der Waals surface area contributed by atoms with Gasteiger partial charge in [-0.25, -0.2) is 0 Å². The van der Waals surface area contributed by atoms with Crippen molar-refractivity contribution >= 4 is 7.32 Å². The first-order chi connectivity index (χ1) is 1.73. The van der Waals surface area contributed by atoms with Gasteiger partial charge >= 0.3 is 88.7 Å². The fourth-order valence-electron chi connectivity index (χ4n) is 0. The Balaban J connectivity index is -0.00000000161. The van der Waals surface area contributed by atoms with E-state index in [1.54, 1.807) is 0 Å². The van der Waals surface area contributed by atoms with E-state index in [0.29, 0.717) is 0 Å². The molecule has 64 valence electrons. The van der Waals surface area contributed by atoms with Crippen LogP contribution in [0.3, 0.4) is 0 Å². The number of hydrogen-bond donors (Lipinski definition) is 0. The quantitative estimate of drug-likeness (QED) is 0.360. The molecule has 0 saturated carbocycles. The first kappa shape index (κ1) is 84.4. The second kappa shape index (κ2) is 67.6. The molecule has 0 atom stereocenters. The Labute approximate surface area is 136 Å². The van der Waals surface area contributed by atoms with Crippen molar-refractivity contribution in [2.24, 2.45) is 0 Å². The maximum absolute atomic E-state index is 8.42. The first-order valence-electron chi connectivity index (χ1n) is 0.707. The second-order valence-corrected chi connectivity index (χ2v) is 0.289. The van der Waals surface area contributed by atoms with Gasteiger partial charge in [0.25, 0.3) is 0 Å². The molecular formula is H10BNa3O8. The predicted octanol–water partition coefficient (Wildman–Crippen LogP) is -17.1. The minimum absolute atomic E-state index is 0. The number of hydrogen-bond acceptors (Lipinski definition) is 3. The summed E-state index contributed by atoms with van der Waals surface area (Å²) in [4.78, 5) is 0. The maximum atomic E-state index is 8.42. The van der Waals surface area contributed by atoms with Crippen molar-refractivity contribution in [3.63, 3.8) is 0 Å². The third kappa shape index (κ3) is 233. The van der Waals surface area contributed by atoms with Crippen molar-refractivity contribution < 1.29 is 131 Å². The second-order valence-electron chi connectivity index (χ2n) is 0.289. The third-order valence-corrected chi connectivity index (χ3v) is 0. The molecule has 0 heterocycles. The van der Waals surface area contributed by atoms with Crippen LogP contribution in [0.2, 0.25) is 0 Å². The average Bonchev–Trinajstić information content (AvgIpc) is 0.811. The molecule has 0 radical (unpaired) electrons. The molecule has 0 aliphatic rings. The summed E-state index contributed by atoms with van der Waals surface area (Å²) in [5.74, 6) is 0. The van der Waals surface area contributed by atoms with Crippen LogP contribution in [0.25, 0.3) is 0 Å². The molecule has 0 fully saturated rings. The van der Waals surface area contributed by atoms with Gasteiger partial charge in [0.2, 0.25) is 0 Å². The Kier molecular flexibility index (Phi) is 476. The Morgan fingerprint density at radius 2 is 0.500 bits per heavy atom. The molecule has 0 bridgehead atoms. The van der Waals surface area contributed by atoms with E-state index in [-0.39, 0.29) is 116 Å². The monoisotopic (exact) mass is 218 g/mol. The van der Waals surface area contributed by atoms with Crippen LogP contribution in [-0.4, -0.2) is 34.7 Å². The van der Waals surface area contributed by atoms with Crippen molar-refractivity contribution in [1.82, 2.24) is 0 Å². The minimum Gasteiger partial charge on any atom is -0.907 e. The molecule has 0 saturated heterocycles. The van der Waals surface area contributed by atoms with Gasteiger partial charge in [0, 0.05) is 0 Å². The standard InChI is InChI=1S/BO3.3Na.5H2O/c2-1(3)4;;;;;;;;/h;;;;5*1H2/q-3;3*+1;;;;;. The average molecular weight is 218 g/mol. The van der Waals surface area contributed by atoms with E-state index in [0.717, 1.165) is 0 Å². The van der Waals surface area contributed by atoms with Gasteiger partial charge in [0.1, 0.15) is 0 Å². The fraction of sp³-hybridized carbons (Fsp3) is 0. The van der Waals surface area contributed by atoms with Crippen LogP contribution in [0, 0.1) is 0 Å². The molecule has 12 heteroatoms. The first-order valence-corrected chi connectivity index (χ1v) is 0.707. The van der Waals surface area contributed by atoms with Gasteiger partial charge in [0.15, 0.2) is 0 Å². The van der Waals surface area contributed by atoms with Gasteiger partial charge in [-0.15, -0.1) is 0 Å². The summed E-state index contributed by atoms with van der Waals surface area (Å²) in [7, 11) is -2.92. The molecule has 0 aromatic heterocycles. The van der Waals surface area contributed by atoms with E-state index in [1.165, 1.54) is 0 Å². The van der Waals surface area contributed by atoms with Crippen LogP contribution >= 0.6 is 0 Å². The van der Waals surface area contributed by atoms with E-state index < -0.39 is 7.32 Å². The molecule has 0 spiro atoms. The van der Waals surface area contributed by atoms with E-state index in [9.17, 15) is 0 Å². The maximum Gasteiger partial charge on any atom is 1.00 e. The van der Waals surface area contributed by atoms with E-state index >= 15 is 0 Å². The van der Waals surface area contributed by atoms with Crippen LogP contribution in [0.1, 0.15) is 0 Å². The van der Waals surface area contributed by atoms with Gasteiger partial charge in [-0.3, -0.25) is 7.32 Å². The van der Waals surface area contributed by atoms with Gasteiger partial charge in [-0.2, -0.15) is 0 Å². The number of rotatable bonds is 0. The topological polar surface area (TPSA) is 227 Å². The predicted molar refractivity (Wildman–Crippen MR) is 23.8 cm³/mol. The fourth-order valence-corrected chi connectivity index (χ4v) is 0. The van der Waals surface area contributed by atoms with Crippen LogP contribution in [0.4, 0.5) is 0 Å². The van der Waals surface area contributed by atoms with E-state index in [4.69, 9.17) is 15.1 Å². The molecular weight excluding hydrogens is 208 g/mol. The normalized spacial score (nSPS) is 2.25. The molecule has 12 heavy (non-hydrogen) atoms. The Morgan fingerprint density at radius 3 is 0.500 bits per heavy atom. The SMILES string of the molecule is O.O.O.O.O.[Na+].[Na+].[Na+].[O-]B([O-])[O-]. The largest absolute Gasteiger partial charge is 1.00 e. The van der Waals surface area contributed by atoms with E-state index in [2.05, 4.69) is 0 Å². The molecule has 0 amide bonds. The summed E-state index contributed by atoms with van der Waals surface area (Å²) < 4.78 is 0. The zero-order chi connectivity index (χ0) is 3.58. The van der Waals surface area contributed by atoms with Gasteiger partial charge in [-0.1, -0.05) is 0 Å².